The lowest BCUT2D eigenvalue weighted by Crippen LogP contribution is -2.18. The fourth-order valence-electron chi connectivity index (χ4n) is 1.75. The lowest BCUT2D eigenvalue weighted by molar-refractivity contribution is 0.941. The molecule has 1 aromatic heterocycles. The molecule has 0 bridgehead atoms. The second kappa shape index (κ2) is 3.75. The van der Waals surface area contributed by atoms with Crippen LogP contribution in [0.4, 0.5) is 5.69 Å². The maximum atomic E-state index is 5.54. The third kappa shape index (κ3) is 1.80. The van der Waals surface area contributed by atoms with Crippen molar-refractivity contribution in [1.82, 2.24) is 4.98 Å². The zero-order chi connectivity index (χ0) is 9.10. The van der Waals surface area contributed by atoms with Crippen molar-refractivity contribution >= 4 is 5.69 Å². The third-order valence-electron chi connectivity index (χ3n) is 2.48. The third-order valence-corrected chi connectivity index (χ3v) is 2.48. The minimum absolute atomic E-state index is 0.529. The van der Waals surface area contributed by atoms with Gasteiger partial charge in [-0.2, -0.15) is 0 Å². The highest BCUT2D eigenvalue weighted by Crippen LogP contribution is 2.19. The molecule has 3 nitrogen and oxygen atoms in total. The fraction of sp³-hybridized carbons (Fsp3) is 0.500. The summed E-state index contributed by atoms with van der Waals surface area (Å²) in [7, 11) is 0. The van der Waals surface area contributed by atoms with Gasteiger partial charge in [0.1, 0.15) is 0 Å². The Morgan fingerprint density at radius 3 is 2.85 bits per heavy atom. The van der Waals surface area contributed by atoms with Crippen LogP contribution in [0.1, 0.15) is 18.5 Å². The molecule has 0 atom stereocenters. The van der Waals surface area contributed by atoms with E-state index in [1.807, 2.05) is 6.20 Å². The molecule has 1 aromatic rings. The molecule has 0 spiro atoms. The maximum absolute atomic E-state index is 5.54. The summed E-state index contributed by atoms with van der Waals surface area (Å²) in [5, 5.41) is 0. The van der Waals surface area contributed by atoms with E-state index >= 15 is 0 Å². The van der Waals surface area contributed by atoms with Crippen molar-refractivity contribution in [3.05, 3.63) is 24.0 Å². The monoisotopic (exact) mass is 177 g/mol. The molecule has 70 valence electrons. The summed E-state index contributed by atoms with van der Waals surface area (Å²) >= 11 is 0. The van der Waals surface area contributed by atoms with Gasteiger partial charge >= 0.3 is 0 Å². The lowest BCUT2D eigenvalue weighted by Gasteiger charge is -2.17. The van der Waals surface area contributed by atoms with E-state index in [1.54, 1.807) is 0 Å². The number of nitrogens with zero attached hydrogens (tertiary/aromatic N) is 2. The molecule has 0 amide bonds. The zero-order valence-corrected chi connectivity index (χ0v) is 7.74. The first-order chi connectivity index (χ1) is 6.40. The van der Waals surface area contributed by atoms with E-state index in [-0.39, 0.29) is 0 Å². The Morgan fingerprint density at radius 1 is 1.38 bits per heavy atom. The van der Waals surface area contributed by atoms with Crippen LogP contribution >= 0.6 is 0 Å². The highest BCUT2D eigenvalue weighted by molar-refractivity contribution is 5.47. The van der Waals surface area contributed by atoms with E-state index in [9.17, 15) is 0 Å². The Hall–Kier alpha value is -1.09. The van der Waals surface area contributed by atoms with Gasteiger partial charge in [-0.05, 0) is 25.0 Å². The highest BCUT2D eigenvalue weighted by Gasteiger charge is 2.12. The van der Waals surface area contributed by atoms with Gasteiger partial charge in [0, 0.05) is 31.5 Å². The van der Waals surface area contributed by atoms with Gasteiger partial charge in [0.25, 0.3) is 0 Å². The molecule has 3 heteroatoms. The maximum Gasteiger partial charge on any atom is 0.0560 e. The predicted octanol–water partition coefficient (Wildman–Crippen LogP) is 1.14. The van der Waals surface area contributed by atoms with Crippen molar-refractivity contribution in [3.8, 4) is 0 Å². The number of nitrogens with two attached hydrogens (primary N) is 1. The van der Waals surface area contributed by atoms with Crippen LogP contribution in [0.5, 0.6) is 0 Å². The molecule has 0 unspecified atom stereocenters. The Kier molecular flexibility index (Phi) is 2.45. The Bertz CT molecular complexity index is 279. The van der Waals surface area contributed by atoms with Crippen LogP contribution in [0.2, 0.25) is 0 Å². The summed E-state index contributed by atoms with van der Waals surface area (Å²) in [6, 6.07) is 4.15. The molecule has 1 aliphatic heterocycles. The Balaban J connectivity index is 2.18. The number of hydrogen-bond donors (Lipinski definition) is 1. The Labute approximate surface area is 78.6 Å². The van der Waals surface area contributed by atoms with E-state index in [2.05, 4.69) is 22.0 Å². The first-order valence-electron chi connectivity index (χ1n) is 4.80. The second-order valence-corrected chi connectivity index (χ2v) is 3.40. The summed E-state index contributed by atoms with van der Waals surface area (Å²) < 4.78 is 0. The van der Waals surface area contributed by atoms with Crippen molar-refractivity contribution in [1.29, 1.82) is 0 Å². The fourth-order valence-corrected chi connectivity index (χ4v) is 1.75. The normalized spacial score (nSPS) is 16.5. The van der Waals surface area contributed by atoms with Gasteiger partial charge in [0.05, 0.1) is 5.69 Å². The van der Waals surface area contributed by atoms with Crippen LogP contribution < -0.4 is 10.6 Å². The average Bonchev–Trinajstić information content (AvgIpc) is 2.71. The molecule has 1 fully saturated rings. The SMILES string of the molecule is NCc1cc(N2CCCC2)ccn1. The van der Waals surface area contributed by atoms with Crippen LogP contribution in [0.15, 0.2) is 18.3 Å². The smallest absolute Gasteiger partial charge is 0.0560 e. The molecule has 1 aliphatic rings. The largest absolute Gasteiger partial charge is 0.371 e. The zero-order valence-electron chi connectivity index (χ0n) is 7.74. The van der Waals surface area contributed by atoms with E-state index < -0.39 is 0 Å². The first kappa shape index (κ1) is 8.51. The Morgan fingerprint density at radius 2 is 2.15 bits per heavy atom. The predicted molar refractivity (Wildman–Crippen MR) is 53.6 cm³/mol. The number of aromatic nitrogens is 1. The van der Waals surface area contributed by atoms with E-state index in [4.69, 9.17) is 5.73 Å². The minimum Gasteiger partial charge on any atom is -0.371 e. The lowest BCUT2D eigenvalue weighted by atomic mass is 10.3. The quantitative estimate of drug-likeness (QED) is 0.736. The number of hydrogen-bond acceptors (Lipinski definition) is 3. The average molecular weight is 177 g/mol. The van der Waals surface area contributed by atoms with Crippen molar-refractivity contribution in [2.45, 2.75) is 19.4 Å². The molecule has 2 N–H and O–H groups in total. The van der Waals surface area contributed by atoms with E-state index in [1.165, 1.54) is 31.6 Å². The summed E-state index contributed by atoms with van der Waals surface area (Å²) in [5.74, 6) is 0. The summed E-state index contributed by atoms with van der Waals surface area (Å²) in [4.78, 5) is 6.57. The topological polar surface area (TPSA) is 42.1 Å². The van der Waals surface area contributed by atoms with Crippen LogP contribution in [0, 0.1) is 0 Å². The molecule has 1 saturated heterocycles. The van der Waals surface area contributed by atoms with Gasteiger partial charge < -0.3 is 10.6 Å². The molecule has 13 heavy (non-hydrogen) atoms. The van der Waals surface area contributed by atoms with E-state index in [0.717, 1.165) is 5.69 Å². The molecule has 2 heterocycles. The number of pyridine rings is 1. The number of anilines is 1. The van der Waals surface area contributed by atoms with Gasteiger partial charge in [0.15, 0.2) is 0 Å². The first-order valence-corrected chi connectivity index (χ1v) is 4.80. The van der Waals surface area contributed by atoms with Gasteiger partial charge in [-0.1, -0.05) is 0 Å². The molecule has 0 radical (unpaired) electrons. The molecule has 0 aromatic carbocycles. The highest BCUT2D eigenvalue weighted by atomic mass is 15.1. The van der Waals surface area contributed by atoms with Crippen LogP contribution in [-0.2, 0) is 6.54 Å². The standard InChI is InChI=1S/C10H15N3/c11-8-9-7-10(3-4-12-9)13-5-1-2-6-13/h3-4,7H,1-2,5-6,8,11H2. The second-order valence-electron chi connectivity index (χ2n) is 3.40. The van der Waals surface area contributed by atoms with E-state index in [0.29, 0.717) is 6.54 Å². The van der Waals surface area contributed by atoms with Crippen LogP contribution in [-0.4, -0.2) is 18.1 Å². The molecule has 0 saturated carbocycles. The molecular formula is C10H15N3. The van der Waals surface area contributed by atoms with Gasteiger partial charge in [-0.25, -0.2) is 0 Å². The summed E-state index contributed by atoms with van der Waals surface area (Å²) in [6.45, 7) is 2.88. The van der Waals surface area contributed by atoms with Gasteiger partial charge in [0.2, 0.25) is 0 Å². The molecule has 2 rings (SSSR count). The summed E-state index contributed by atoms with van der Waals surface area (Å²) in [6.07, 6.45) is 4.45. The summed E-state index contributed by atoms with van der Waals surface area (Å²) in [5.41, 5.74) is 7.78. The van der Waals surface area contributed by atoms with Gasteiger partial charge in [-0.3, -0.25) is 4.98 Å². The van der Waals surface area contributed by atoms with Crippen molar-refractivity contribution in [2.75, 3.05) is 18.0 Å². The van der Waals surface area contributed by atoms with Crippen LogP contribution in [0.3, 0.4) is 0 Å². The molecular weight excluding hydrogens is 162 g/mol. The minimum atomic E-state index is 0.529. The van der Waals surface area contributed by atoms with Crippen molar-refractivity contribution in [2.24, 2.45) is 5.73 Å². The molecule has 0 aliphatic carbocycles. The van der Waals surface area contributed by atoms with Gasteiger partial charge in [-0.15, -0.1) is 0 Å². The van der Waals surface area contributed by atoms with Crippen molar-refractivity contribution in [3.63, 3.8) is 0 Å². The van der Waals surface area contributed by atoms with Crippen LogP contribution in [0.25, 0.3) is 0 Å². The van der Waals surface area contributed by atoms with Crippen molar-refractivity contribution < 1.29 is 0 Å². The number of rotatable bonds is 2.